The van der Waals surface area contributed by atoms with Crippen molar-refractivity contribution in [2.75, 3.05) is 20.2 Å². The fourth-order valence-electron chi connectivity index (χ4n) is 2.71. The Balaban J connectivity index is 1.89. The van der Waals surface area contributed by atoms with Gasteiger partial charge in [0.05, 0.1) is 7.11 Å². The fourth-order valence-corrected chi connectivity index (χ4v) is 2.71. The molecule has 0 aromatic heterocycles. The van der Waals surface area contributed by atoms with Crippen LogP contribution in [0.1, 0.15) is 38.3 Å². The van der Waals surface area contributed by atoms with Crippen LogP contribution in [0.2, 0.25) is 0 Å². The molecule has 1 amide bonds. The quantitative estimate of drug-likeness (QED) is 0.867. The second kappa shape index (κ2) is 6.75. The van der Waals surface area contributed by atoms with E-state index in [2.05, 4.69) is 25.2 Å². The second-order valence-corrected chi connectivity index (χ2v) is 5.51. The van der Waals surface area contributed by atoms with Gasteiger partial charge in [-0.3, -0.25) is 4.79 Å². The van der Waals surface area contributed by atoms with Crippen molar-refractivity contribution in [2.24, 2.45) is 0 Å². The average molecular weight is 276 g/mol. The maximum Gasteiger partial charge on any atom is 0.222 e. The second-order valence-electron chi connectivity index (χ2n) is 5.51. The first-order chi connectivity index (χ1) is 9.60. The van der Waals surface area contributed by atoms with Crippen LogP contribution in [0.15, 0.2) is 24.3 Å². The van der Waals surface area contributed by atoms with E-state index in [9.17, 15) is 4.79 Å². The molecule has 1 fully saturated rings. The number of methoxy groups -OCH3 is 1. The maximum absolute atomic E-state index is 11.6. The number of nitrogens with zero attached hydrogens (tertiary/aromatic N) is 1. The van der Waals surface area contributed by atoms with Crippen LogP contribution in [0.3, 0.4) is 0 Å². The molecular weight excluding hydrogens is 252 g/mol. The van der Waals surface area contributed by atoms with Crippen molar-refractivity contribution in [1.82, 2.24) is 10.2 Å². The van der Waals surface area contributed by atoms with E-state index >= 15 is 0 Å². The van der Waals surface area contributed by atoms with Crippen LogP contribution in [0.25, 0.3) is 0 Å². The predicted molar refractivity (Wildman–Crippen MR) is 79.8 cm³/mol. The third-order valence-corrected chi connectivity index (χ3v) is 3.79. The first-order valence-electron chi connectivity index (χ1n) is 7.28. The third-order valence-electron chi connectivity index (χ3n) is 3.79. The molecule has 4 heteroatoms. The number of likely N-dealkylation sites (tertiary alicyclic amines) is 1. The smallest absolute Gasteiger partial charge is 0.222 e. The van der Waals surface area contributed by atoms with Crippen LogP contribution in [-0.4, -0.2) is 37.0 Å². The van der Waals surface area contributed by atoms with E-state index in [0.29, 0.717) is 6.42 Å². The Bertz CT molecular complexity index is 462. The first kappa shape index (κ1) is 14.9. The molecule has 4 nitrogen and oxygen atoms in total. The summed E-state index contributed by atoms with van der Waals surface area (Å²) in [6.07, 6.45) is 1.70. The number of amides is 1. The topological polar surface area (TPSA) is 41.6 Å². The zero-order valence-corrected chi connectivity index (χ0v) is 12.6. The van der Waals surface area contributed by atoms with Crippen LogP contribution in [0, 0.1) is 0 Å². The van der Waals surface area contributed by atoms with E-state index in [0.717, 1.165) is 25.3 Å². The van der Waals surface area contributed by atoms with Crippen molar-refractivity contribution in [1.29, 1.82) is 0 Å². The Morgan fingerprint density at radius 2 is 2.20 bits per heavy atom. The average Bonchev–Trinajstić information content (AvgIpc) is 2.84. The van der Waals surface area contributed by atoms with E-state index in [1.54, 1.807) is 7.11 Å². The SMILES string of the molecule is COc1cccc(C(C)NC(C)CN2CCCC2=O)c1. The molecule has 1 aliphatic heterocycles. The largest absolute Gasteiger partial charge is 0.497 e. The van der Waals surface area contributed by atoms with E-state index < -0.39 is 0 Å². The molecule has 0 radical (unpaired) electrons. The fraction of sp³-hybridized carbons (Fsp3) is 0.562. The lowest BCUT2D eigenvalue weighted by Gasteiger charge is -2.25. The Morgan fingerprint density at radius 3 is 2.85 bits per heavy atom. The molecule has 0 spiro atoms. The first-order valence-corrected chi connectivity index (χ1v) is 7.28. The van der Waals surface area contributed by atoms with Gasteiger partial charge < -0.3 is 15.0 Å². The lowest BCUT2D eigenvalue weighted by molar-refractivity contribution is -0.127. The Morgan fingerprint density at radius 1 is 1.40 bits per heavy atom. The molecular formula is C16H24N2O2. The third kappa shape index (κ3) is 3.73. The van der Waals surface area contributed by atoms with Crippen molar-refractivity contribution in [3.05, 3.63) is 29.8 Å². The van der Waals surface area contributed by atoms with Gasteiger partial charge in [0.2, 0.25) is 5.91 Å². The molecule has 2 rings (SSSR count). The summed E-state index contributed by atoms with van der Waals surface area (Å²) in [6.45, 7) is 5.95. The van der Waals surface area contributed by atoms with Gasteiger partial charge in [0, 0.05) is 31.6 Å². The Hall–Kier alpha value is -1.55. The van der Waals surface area contributed by atoms with Crippen molar-refractivity contribution in [3.63, 3.8) is 0 Å². The number of carbonyl (C=O) groups is 1. The summed E-state index contributed by atoms with van der Waals surface area (Å²) in [7, 11) is 1.68. The molecule has 1 aliphatic rings. The Labute approximate surface area is 121 Å². The summed E-state index contributed by atoms with van der Waals surface area (Å²) in [5.74, 6) is 1.16. The Kier molecular flexibility index (Phi) is 5.01. The van der Waals surface area contributed by atoms with Crippen molar-refractivity contribution < 1.29 is 9.53 Å². The molecule has 1 aromatic rings. The van der Waals surface area contributed by atoms with E-state index in [-0.39, 0.29) is 18.0 Å². The monoisotopic (exact) mass is 276 g/mol. The van der Waals surface area contributed by atoms with Gasteiger partial charge >= 0.3 is 0 Å². The van der Waals surface area contributed by atoms with Gasteiger partial charge in [-0.05, 0) is 38.0 Å². The number of benzene rings is 1. The molecule has 20 heavy (non-hydrogen) atoms. The molecule has 1 aromatic carbocycles. The highest BCUT2D eigenvalue weighted by Crippen LogP contribution is 2.19. The lowest BCUT2D eigenvalue weighted by atomic mass is 10.1. The zero-order chi connectivity index (χ0) is 14.5. The van der Waals surface area contributed by atoms with Crippen LogP contribution in [0.5, 0.6) is 5.75 Å². The van der Waals surface area contributed by atoms with Gasteiger partial charge in [-0.25, -0.2) is 0 Å². The molecule has 2 atom stereocenters. The van der Waals surface area contributed by atoms with Gasteiger partial charge in [0.25, 0.3) is 0 Å². The minimum atomic E-state index is 0.234. The predicted octanol–water partition coefficient (Wildman–Crippen LogP) is 2.36. The van der Waals surface area contributed by atoms with Gasteiger partial charge in [-0.15, -0.1) is 0 Å². The normalized spacial score (nSPS) is 18.1. The summed E-state index contributed by atoms with van der Waals surface area (Å²) in [6, 6.07) is 8.60. The van der Waals surface area contributed by atoms with E-state index in [1.807, 2.05) is 23.1 Å². The summed E-state index contributed by atoms with van der Waals surface area (Å²) in [5.41, 5.74) is 1.20. The number of hydrogen-bond acceptors (Lipinski definition) is 3. The lowest BCUT2D eigenvalue weighted by Crippen LogP contribution is -2.40. The molecule has 2 unspecified atom stereocenters. The summed E-state index contributed by atoms with van der Waals surface area (Å²) in [4.78, 5) is 13.6. The van der Waals surface area contributed by atoms with Crippen LogP contribution >= 0.6 is 0 Å². The number of carbonyl (C=O) groups excluding carboxylic acids is 1. The van der Waals surface area contributed by atoms with Crippen molar-refractivity contribution >= 4 is 5.91 Å². The minimum absolute atomic E-state index is 0.234. The molecule has 1 N–H and O–H groups in total. The highest BCUT2D eigenvalue weighted by atomic mass is 16.5. The minimum Gasteiger partial charge on any atom is -0.497 e. The van der Waals surface area contributed by atoms with Crippen LogP contribution < -0.4 is 10.1 Å². The standard InChI is InChI=1S/C16H24N2O2/c1-12(11-18-9-5-8-16(18)19)17-13(2)14-6-4-7-15(10-14)20-3/h4,6-7,10,12-13,17H,5,8-9,11H2,1-3H3. The van der Waals surface area contributed by atoms with Gasteiger partial charge in [-0.2, -0.15) is 0 Å². The highest BCUT2D eigenvalue weighted by molar-refractivity contribution is 5.78. The van der Waals surface area contributed by atoms with Gasteiger partial charge in [-0.1, -0.05) is 12.1 Å². The number of nitrogens with one attached hydrogen (secondary N) is 1. The molecule has 0 bridgehead atoms. The van der Waals surface area contributed by atoms with Gasteiger partial charge in [0.15, 0.2) is 0 Å². The zero-order valence-electron chi connectivity index (χ0n) is 12.6. The highest BCUT2D eigenvalue weighted by Gasteiger charge is 2.22. The van der Waals surface area contributed by atoms with Crippen LogP contribution in [-0.2, 0) is 4.79 Å². The molecule has 1 heterocycles. The van der Waals surface area contributed by atoms with Crippen molar-refractivity contribution in [2.45, 2.75) is 38.8 Å². The molecule has 110 valence electrons. The number of rotatable bonds is 6. The molecule has 0 saturated carbocycles. The van der Waals surface area contributed by atoms with Crippen molar-refractivity contribution in [3.8, 4) is 5.75 Å². The molecule has 1 saturated heterocycles. The molecule has 0 aliphatic carbocycles. The van der Waals surface area contributed by atoms with E-state index in [1.165, 1.54) is 5.56 Å². The van der Waals surface area contributed by atoms with Crippen LogP contribution in [0.4, 0.5) is 0 Å². The van der Waals surface area contributed by atoms with E-state index in [4.69, 9.17) is 4.74 Å². The maximum atomic E-state index is 11.6. The number of ether oxygens (including phenoxy) is 1. The van der Waals surface area contributed by atoms with Gasteiger partial charge in [0.1, 0.15) is 5.75 Å². The summed E-state index contributed by atoms with van der Waals surface area (Å²) >= 11 is 0. The number of hydrogen-bond donors (Lipinski definition) is 1. The summed E-state index contributed by atoms with van der Waals surface area (Å²) < 4.78 is 5.25. The summed E-state index contributed by atoms with van der Waals surface area (Å²) in [5, 5.41) is 3.55.